The number of aryl methyl sites for hydroxylation is 1. The van der Waals surface area contributed by atoms with E-state index in [1.165, 1.54) is 0 Å². The van der Waals surface area contributed by atoms with E-state index in [1.54, 1.807) is 7.11 Å². The lowest BCUT2D eigenvalue weighted by Crippen LogP contribution is -2.47. The van der Waals surface area contributed by atoms with E-state index in [2.05, 4.69) is 25.2 Å². The number of benzene rings is 1. The van der Waals surface area contributed by atoms with E-state index in [4.69, 9.17) is 4.74 Å². The summed E-state index contributed by atoms with van der Waals surface area (Å²) in [5.74, 6) is 0.813. The van der Waals surface area contributed by atoms with Gasteiger partial charge in [0.1, 0.15) is 5.75 Å². The Balaban J connectivity index is 3.17. The average Bonchev–Trinajstić information content (AvgIpc) is 2.38. The first-order valence-corrected chi connectivity index (χ1v) is 6.50. The van der Waals surface area contributed by atoms with E-state index >= 15 is 0 Å². The molecule has 3 heteroatoms. The Morgan fingerprint density at radius 2 is 2.11 bits per heavy atom. The molecule has 0 aromatic heterocycles. The van der Waals surface area contributed by atoms with Gasteiger partial charge in [0.2, 0.25) is 0 Å². The van der Waals surface area contributed by atoms with Gasteiger partial charge in [-0.1, -0.05) is 24.6 Å². The molecule has 18 heavy (non-hydrogen) atoms. The Morgan fingerprint density at radius 1 is 1.44 bits per heavy atom. The number of hydrogen-bond donors (Lipinski definition) is 2. The summed E-state index contributed by atoms with van der Waals surface area (Å²) < 4.78 is 5.41. The second-order valence-electron chi connectivity index (χ2n) is 5.15. The molecule has 0 saturated carbocycles. The number of ether oxygens (including phenoxy) is 1. The summed E-state index contributed by atoms with van der Waals surface area (Å²) in [6.07, 6.45) is 1.02. The third-order valence-electron chi connectivity index (χ3n) is 3.44. The SMILES string of the molecule is CCC(C)NC(C)(CO)c1cc(C)ccc1OC. The summed E-state index contributed by atoms with van der Waals surface area (Å²) in [5.41, 5.74) is 1.69. The number of methoxy groups -OCH3 is 1. The minimum atomic E-state index is -0.479. The van der Waals surface area contributed by atoms with Crippen molar-refractivity contribution in [2.75, 3.05) is 13.7 Å². The zero-order valence-corrected chi connectivity index (χ0v) is 12.1. The largest absolute Gasteiger partial charge is 0.496 e. The van der Waals surface area contributed by atoms with Crippen LogP contribution >= 0.6 is 0 Å². The lowest BCUT2D eigenvalue weighted by Gasteiger charge is -2.34. The maximum atomic E-state index is 9.78. The molecule has 2 atom stereocenters. The summed E-state index contributed by atoms with van der Waals surface area (Å²) in [6, 6.07) is 6.39. The van der Waals surface area contributed by atoms with Crippen molar-refractivity contribution in [2.45, 2.75) is 45.7 Å². The second kappa shape index (κ2) is 6.21. The Kier molecular flexibility index (Phi) is 5.17. The summed E-state index contributed by atoms with van der Waals surface area (Å²) in [7, 11) is 1.66. The van der Waals surface area contributed by atoms with Gasteiger partial charge in [0.25, 0.3) is 0 Å². The van der Waals surface area contributed by atoms with Crippen molar-refractivity contribution >= 4 is 0 Å². The predicted molar refractivity (Wildman–Crippen MR) is 75.1 cm³/mol. The standard InChI is InChI=1S/C15H25NO2/c1-6-12(3)16-15(4,10-17)13-9-11(2)7-8-14(13)18-5/h7-9,12,16-17H,6,10H2,1-5H3. The maximum absolute atomic E-state index is 9.78. The maximum Gasteiger partial charge on any atom is 0.124 e. The van der Waals surface area contributed by atoms with Crippen molar-refractivity contribution in [1.82, 2.24) is 5.32 Å². The van der Waals surface area contributed by atoms with E-state index in [9.17, 15) is 5.11 Å². The molecule has 0 aliphatic rings. The molecule has 102 valence electrons. The molecule has 1 rings (SSSR count). The fraction of sp³-hybridized carbons (Fsp3) is 0.600. The average molecular weight is 251 g/mol. The van der Waals surface area contributed by atoms with Crippen molar-refractivity contribution in [3.63, 3.8) is 0 Å². The Hall–Kier alpha value is -1.06. The number of rotatable bonds is 6. The number of hydrogen-bond acceptors (Lipinski definition) is 3. The van der Waals surface area contributed by atoms with Gasteiger partial charge in [-0.05, 0) is 33.3 Å². The van der Waals surface area contributed by atoms with Crippen molar-refractivity contribution < 1.29 is 9.84 Å². The van der Waals surface area contributed by atoms with Gasteiger partial charge in [-0.15, -0.1) is 0 Å². The summed E-state index contributed by atoms with van der Waals surface area (Å²) in [5, 5.41) is 13.3. The van der Waals surface area contributed by atoms with Crippen LogP contribution in [0.15, 0.2) is 18.2 Å². The monoisotopic (exact) mass is 251 g/mol. The molecule has 0 fully saturated rings. The molecule has 1 aromatic carbocycles. The molecule has 0 amide bonds. The lowest BCUT2D eigenvalue weighted by molar-refractivity contribution is 0.159. The van der Waals surface area contributed by atoms with E-state index in [0.717, 1.165) is 23.3 Å². The zero-order chi connectivity index (χ0) is 13.8. The Labute approximate surface area is 110 Å². The third-order valence-corrected chi connectivity index (χ3v) is 3.44. The van der Waals surface area contributed by atoms with Crippen LogP contribution in [0, 0.1) is 6.92 Å². The Morgan fingerprint density at radius 3 is 2.61 bits per heavy atom. The fourth-order valence-corrected chi connectivity index (χ4v) is 2.11. The van der Waals surface area contributed by atoms with Crippen LogP contribution in [0.1, 0.15) is 38.3 Å². The summed E-state index contributed by atoms with van der Waals surface area (Å²) in [4.78, 5) is 0. The molecule has 2 N–H and O–H groups in total. The topological polar surface area (TPSA) is 41.5 Å². The number of nitrogens with one attached hydrogen (secondary N) is 1. The molecule has 0 spiro atoms. The number of aliphatic hydroxyl groups excluding tert-OH is 1. The molecule has 0 saturated heterocycles. The van der Waals surface area contributed by atoms with Gasteiger partial charge >= 0.3 is 0 Å². The van der Waals surface area contributed by atoms with Crippen LogP contribution in [0.5, 0.6) is 5.75 Å². The minimum Gasteiger partial charge on any atom is -0.496 e. The normalized spacial score (nSPS) is 16.1. The highest BCUT2D eigenvalue weighted by atomic mass is 16.5. The van der Waals surface area contributed by atoms with Crippen molar-refractivity contribution in [1.29, 1.82) is 0 Å². The van der Waals surface area contributed by atoms with E-state index in [0.29, 0.717) is 6.04 Å². The van der Waals surface area contributed by atoms with E-state index in [-0.39, 0.29) is 6.61 Å². The molecular formula is C15H25NO2. The molecular weight excluding hydrogens is 226 g/mol. The van der Waals surface area contributed by atoms with Gasteiger partial charge in [0, 0.05) is 11.6 Å². The zero-order valence-electron chi connectivity index (χ0n) is 12.1. The molecule has 3 nitrogen and oxygen atoms in total. The van der Waals surface area contributed by atoms with Gasteiger partial charge in [-0.3, -0.25) is 0 Å². The molecule has 0 heterocycles. The van der Waals surface area contributed by atoms with Crippen LogP contribution in [0.25, 0.3) is 0 Å². The summed E-state index contributed by atoms with van der Waals surface area (Å²) in [6.45, 7) is 8.34. The van der Waals surface area contributed by atoms with Crippen LogP contribution in [-0.4, -0.2) is 24.9 Å². The van der Waals surface area contributed by atoms with Crippen LogP contribution in [-0.2, 0) is 5.54 Å². The molecule has 0 radical (unpaired) electrons. The van der Waals surface area contributed by atoms with E-state index < -0.39 is 5.54 Å². The smallest absolute Gasteiger partial charge is 0.124 e. The van der Waals surface area contributed by atoms with Crippen molar-refractivity contribution in [3.05, 3.63) is 29.3 Å². The van der Waals surface area contributed by atoms with Crippen LogP contribution < -0.4 is 10.1 Å². The predicted octanol–water partition coefficient (Wildman–Crippen LogP) is 2.60. The first-order chi connectivity index (χ1) is 8.46. The van der Waals surface area contributed by atoms with Gasteiger partial charge < -0.3 is 15.2 Å². The van der Waals surface area contributed by atoms with Gasteiger partial charge in [-0.2, -0.15) is 0 Å². The van der Waals surface area contributed by atoms with Crippen LogP contribution in [0.4, 0.5) is 0 Å². The molecule has 1 aromatic rings. The van der Waals surface area contributed by atoms with Crippen LogP contribution in [0.2, 0.25) is 0 Å². The van der Waals surface area contributed by atoms with Gasteiger partial charge in [0.15, 0.2) is 0 Å². The minimum absolute atomic E-state index is 0.0388. The molecule has 2 unspecified atom stereocenters. The molecule has 0 bridgehead atoms. The van der Waals surface area contributed by atoms with Crippen molar-refractivity contribution in [3.8, 4) is 5.75 Å². The van der Waals surface area contributed by atoms with Gasteiger partial charge in [-0.25, -0.2) is 0 Å². The highest BCUT2D eigenvalue weighted by Crippen LogP contribution is 2.31. The summed E-state index contributed by atoms with van der Waals surface area (Å²) >= 11 is 0. The highest BCUT2D eigenvalue weighted by molar-refractivity contribution is 5.41. The molecule has 0 aliphatic carbocycles. The molecule has 0 aliphatic heterocycles. The van der Waals surface area contributed by atoms with Crippen LogP contribution in [0.3, 0.4) is 0 Å². The number of aliphatic hydroxyl groups is 1. The van der Waals surface area contributed by atoms with Crippen molar-refractivity contribution in [2.24, 2.45) is 0 Å². The fourth-order valence-electron chi connectivity index (χ4n) is 2.11. The first-order valence-electron chi connectivity index (χ1n) is 6.50. The van der Waals surface area contributed by atoms with E-state index in [1.807, 2.05) is 26.0 Å². The van der Waals surface area contributed by atoms with Gasteiger partial charge in [0.05, 0.1) is 19.3 Å². The quantitative estimate of drug-likeness (QED) is 0.816. The second-order valence-corrected chi connectivity index (χ2v) is 5.15. The first kappa shape index (κ1) is 15.0. The highest BCUT2D eigenvalue weighted by Gasteiger charge is 2.30. The lowest BCUT2D eigenvalue weighted by atomic mass is 9.89. The third kappa shape index (κ3) is 3.24. The Bertz CT molecular complexity index is 392.